The highest BCUT2D eigenvalue weighted by Crippen LogP contribution is 2.20. The molecule has 0 aliphatic rings. The summed E-state index contributed by atoms with van der Waals surface area (Å²) in [6.07, 6.45) is 5.66. The molecule has 6 nitrogen and oxygen atoms in total. The van der Waals surface area contributed by atoms with E-state index in [-0.39, 0.29) is 11.5 Å². The smallest absolute Gasteiger partial charge is 0.191 e. The third-order valence-corrected chi connectivity index (χ3v) is 3.15. The molecule has 1 unspecified atom stereocenters. The predicted molar refractivity (Wildman–Crippen MR) is 81.8 cm³/mol. The van der Waals surface area contributed by atoms with E-state index in [1.165, 1.54) is 0 Å². The van der Waals surface area contributed by atoms with Crippen LogP contribution in [-0.2, 0) is 11.3 Å². The van der Waals surface area contributed by atoms with Gasteiger partial charge in [-0.05, 0) is 5.41 Å². The van der Waals surface area contributed by atoms with Crippen molar-refractivity contribution in [3.63, 3.8) is 0 Å². The topological polar surface area (TPSA) is 63.5 Å². The summed E-state index contributed by atoms with van der Waals surface area (Å²) < 4.78 is 7.54. The lowest BCUT2D eigenvalue weighted by atomic mass is 9.89. The number of guanidine groups is 1. The van der Waals surface area contributed by atoms with Gasteiger partial charge >= 0.3 is 0 Å². The highest BCUT2D eigenvalue weighted by Gasteiger charge is 2.24. The van der Waals surface area contributed by atoms with Crippen LogP contribution in [0, 0.1) is 5.41 Å². The third kappa shape index (κ3) is 5.61. The molecular formula is C14H27N5O. The number of hydrogen-bond donors (Lipinski definition) is 2. The number of nitrogens with zero attached hydrogens (tertiary/aromatic N) is 3. The maximum atomic E-state index is 5.52. The number of methoxy groups -OCH3 is 1. The number of ether oxygens (including phenoxy) is 1. The summed E-state index contributed by atoms with van der Waals surface area (Å²) in [6.45, 7) is 8.87. The number of nitrogens with one attached hydrogen (secondary N) is 2. The molecule has 0 spiro atoms. The van der Waals surface area contributed by atoms with Crippen LogP contribution in [0.4, 0.5) is 0 Å². The molecule has 1 rings (SSSR count). The number of aromatic nitrogens is 2. The Bertz CT molecular complexity index is 394. The molecule has 0 aliphatic heterocycles. The van der Waals surface area contributed by atoms with Crippen molar-refractivity contribution in [2.75, 3.05) is 27.2 Å². The van der Waals surface area contributed by atoms with Gasteiger partial charge in [-0.1, -0.05) is 20.8 Å². The number of rotatable bonds is 6. The first-order valence-corrected chi connectivity index (χ1v) is 6.90. The molecular weight excluding hydrogens is 254 g/mol. The summed E-state index contributed by atoms with van der Waals surface area (Å²) >= 11 is 0. The standard InChI is InChI=1S/C14H27N5O/c1-14(2,3)12(20-5)10-18-13(15-4)17-7-9-19-8-6-16-11-19/h6,8,11-12H,7,9-10H2,1-5H3,(H2,15,17,18). The average molecular weight is 281 g/mol. The molecule has 1 aromatic heterocycles. The lowest BCUT2D eigenvalue weighted by molar-refractivity contribution is 0.0205. The Balaban J connectivity index is 2.32. The Morgan fingerprint density at radius 2 is 2.15 bits per heavy atom. The van der Waals surface area contributed by atoms with E-state index < -0.39 is 0 Å². The molecule has 0 saturated heterocycles. The van der Waals surface area contributed by atoms with Gasteiger partial charge < -0.3 is 19.9 Å². The molecule has 0 saturated carbocycles. The fourth-order valence-corrected chi connectivity index (χ4v) is 1.88. The van der Waals surface area contributed by atoms with Crippen LogP contribution < -0.4 is 10.6 Å². The summed E-state index contributed by atoms with van der Waals surface area (Å²) in [6, 6.07) is 0. The van der Waals surface area contributed by atoms with Gasteiger partial charge in [0.2, 0.25) is 0 Å². The monoisotopic (exact) mass is 281 g/mol. The van der Waals surface area contributed by atoms with Gasteiger partial charge in [-0.25, -0.2) is 4.98 Å². The molecule has 114 valence electrons. The Morgan fingerprint density at radius 3 is 2.65 bits per heavy atom. The third-order valence-electron chi connectivity index (χ3n) is 3.15. The van der Waals surface area contributed by atoms with Crippen LogP contribution in [0.3, 0.4) is 0 Å². The van der Waals surface area contributed by atoms with Gasteiger partial charge in [0.25, 0.3) is 0 Å². The van der Waals surface area contributed by atoms with Crippen LogP contribution in [0.15, 0.2) is 23.7 Å². The molecule has 6 heteroatoms. The summed E-state index contributed by atoms with van der Waals surface area (Å²) in [5.74, 6) is 0.788. The molecule has 0 radical (unpaired) electrons. The minimum Gasteiger partial charge on any atom is -0.379 e. The molecule has 0 aliphatic carbocycles. The second kappa shape index (κ2) is 7.89. The van der Waals surface area contributed by atoms with E-state index in [4.69, 9.17) is 4.74 Å². The number of hydrogen-bond acceptors (Lipinski definition) is 3. The van der Waals surface area contributed by atoms with E-state index in [1.807, 2.05) is 10.8 Å². The largest absolute Gasteiger partial charge is 0.379 e. The van der Waals surface area contributed by atoms with Crippen LogP contribution in [0.2, 0.25) is 0 Å². The van der Waals surface area contributed by atoms with Crippen LogP contribution in [0.1, 0.15) is 20.8 Å². The van der Waals surface area contributed by atoms with E-state index in [0.717, 1.165) is 25.6 Å². The second-order valence-corrected chi connectivity index (χ2v) is 5.77. The Kier molecular flexibility index (Phi) is 6.51. The lowest BCUT2D eigenvalue weighted by Gasteiger charge is -2.30. The van der Waals surface area contributed by atoms with Gasteiger partial charge in [0.15, 0.2) is 5.96 Å². The SMILES string of the molecule is CN=C(NCCn1ccnc1)NCC(OC)C(C)(C)C. The van der Waals surface area contributed by atoms with Crippen molar-refractivity contribution in [3.05, 3.63) is 18.7 Å². The predicted octanol–water partition coefficient (Wildman–Crippen LogP) is 1.11. The molecule has 0 bridgehead atoms. The summed E-state index contributed by atoms with van der Waals surface area (Å²) in [5.41, 5.74) is 0.0947. The van der Waals surface area contributed by atoms with E-state index in [2.05, 4.69) is 41.4 Å². The molecule has 0 fully saturated rings. The van der Waals surface area contributed by atoms with Crippen molar-refractivity contribution in [3.8, 4) is 0 Å². The van der Waals surface area contributed by atoms with E-state index >= 15 is 0 Å². The Hall–Kier alpha value is -1.56. The van der Waals surface area contributed by atoms with Crippen LogP contribution in [0.5, 0.6) is 0 Å². The van der Waals surface area contributed by atoms with Crippen LogP contribution in [0.25, 0.3) is 0 Å². The van der Waals surface area contributed by atoms with Crippen molar-refractivity contribution < 1.29 is 4.74 Å². The quantitative estimate of drug-likeness (QED) is 0.605. The molecule has 2 N–H and O–H groups in total. The molecule has 20 heavy (non-hydrogen) atoms. The van der Waals surface area contributed by atoms with Crippen LogP contribution in [-0.4, -0.2) is 48.9 Å². The van der Waals surface area contributed by atoms with Gasteiger partial charge in [-0.15, -0.1) is 0 Å². The summed E-state index contributed by atoms with van der Waals surface area (Å²) in [7, 11) is 3.51. The van der Waals surface area contributed by atoms with E-state index in [0.29, 0.717) is 0 Å². The maximum absolute atomic E-state index is 5.52. The minimum absolute atomic E-state index is 0.0947. The van der Waals surface area contributed by atoms with Crippen LogP contribution >= 0.6 is 0 Å². The first kappa shape index (κ1) is 16.5. The van der Waals surface area contributed by atoms with Crippen molar-refractivity contribution in [1.29, 1.82) is 0 Å². The van der Waals surface area contributed by atoms with Crippen molar-refractivity contribution in [1.82, 2.24) is 20.2 Å². The second-order valence-electron chi connectivity index (χ2n) is 5.77. The van der Waals surface area contributed by atoms with Gasteiger partial charge in [-0.2, -0.15) is 0 Å². The minimum atomic E-state index is 0.0947. The molecule has 1 heterocycles. The fourth-order valence-electron chi connectivity index (χ4n) is 1.88. The number of imidazole rings is 1. The Labute approximate surface area is 121 Å². The van der Waals surface area contributed by atoms with Gasteiger partial charge in [-0.3, -0.25) is 4.99 Å². The molecule has 0 amide bonds. The summed E-state index contributed by atoms with van der Waals surface area (Å²) in [5, 5.41) is 6.57. The average Bonchev–Trinajstić information content (AvgIpc) is 2.88. The van der Waals surface area contributed by atoms with E-state index in [9.17, 15) is 0 Å². The zero-order valence-corrected chi connectivity index (χ0v) is 13.2. The lowest BCUT2D eigenvalue weighted by Crippen LogP contribution is -2.45. The zero-order chi connectivity index (χ0) is 15.0. The highest BCUT2D eigenvalue weighted by atomic mass is 16.5. The normalized spacial score (nSPS) is 14.2. The number of aliphatic imine (C=N–C) groups is 1. The van der Waals surface area contributed by atoms with Crippen molar-refractivity contribution in [2.24, 2.45) is 10.4 Å². The fraction of sp³-hybridized carbons (Fsp3) is 0.714. The van der Waals surface area contributed by atoms with Gasteiger partial charge in [0, 0.05) is 46.2 Å². The highest BCUT2D eigenvalue weighted by molar-refractivity contribution is 5.79. The first-order valence-electron chi connectivity index (χ1n) is 6.90. The molecule has 1 aromatic rings. The van der Waals surface area contributed by atoms with Gasteiger partial charge in [0.05, 0.1) is 12.4 Å². The van der Waals surface area contributed by atoms with Gasteiger partial charge in [0.1, 0.15) is 0 Å². The summed E-state index contributed by atoms with van der Waals surface area (Å²) in [4.78, 5) is 8.22. The first-order chi connectivity index (χ1) is 9.47. The van der Waals surface area contributed by atoms with Crippen molar-refractivity contribution >= 4 is 5.96 Å². The zero-order valence-electron chi connectivity index (χ0n) is 13.2. The molecule has 1 atom stereocenters. The maximum Gasteiger partial charge on any atom is 0.191 e. The molecule has 0 aromatic carbocycles. The Morgan fingerprint density at radius 1 is 1.40 bits per heavy atom. The van der Waals surface area contributed by atoms with E-state index in [1.54, 1.807) is 26.7 Å². The van der Waals surface area contributed by atoms with Crippen molar-refractivity contribution in [2.45, 2.75) is 33.4 Å².